The van der Waals surface area contributed by atoms with Gasteiger partial charge < -0.3 is 5.73 Å². The lowest BCUT2D eigenvalue weighted by Gasteiger charge is -2.20. The Balaban J connectivity index is 2.11. The van der Waals surface area contributed by atoms with Crippen LogP contribution in [0.1, 0.15) is 25.7 Å². The molecule has 100 valence electrons. The average Bonchev–Trinajstić information content (AvgIpc) is 2.82. The molecule has 0 amide bonds. The maximum absolute atomic E-state index is 12.2. The first-order chi connectivity index (χ1) is 8.50. The normalized spacial score (nSPS) is 17.4. The largest absolute Gasteiger partial charge is 0.368 e. The maximum atomic E-state index is 12.2. The lowest BCUT2D eigenvalue weighted by molar-refractivity contribution is 0.387. The molecular weight excluding hydrogens is 252 g/mol. The fourth-order valence-electron chi connectivity index (χ4n) is 2.29. The number of hydrogen-bond acceptors (Lipinski definition) is 5. The highest BCUT2D eigenvalue weighted by molar-refractivity contribution is 7.89. The molecule has 1 aliphatic rings. The van der Waals surface area contributed by atoms with Gasteiger partial charge in [-0.3, -0.25) is 0 Å². The molecule has 0 radical (unpaired) electrons. The number of rotatable bonds is 4. The minimum atomic E-state index is -3.49. The zero-order chi connectivity index (χ0) is 13.2. The molecule has 0 aliphatic heterocycles. The molecule has 1 fully saturated rings. The van der Waals surface area contributed by atoms with E-state index in [-0.39, 0.29) is 10.8 Å². The van der Waals surface area contributed by atoms with Crippen molar-refractivity contribution in [2.75, 3.05) is 19.3 Å². The van der Waals surface area contributed by atoms with Crippen LogP contribution in [0.5, 0.6) is 0 Å². The summed E-state index contributed by atoms with van der Waals surface area (Å²) in [6.07, 6.45) is 7.12. The summed E-state index contributed by atoms with van der Waals surface area (Å²) >= 11 is 0. The predicted octanol–water partition coefficient (Wildman–Crippen LogP) is 0.869. The molecule has 0 unspecified atom stereocenters. The summed E-state index contributed by atoms with van der Waals surface area (Å²) in [5.74, 6) is 0.548. The van der Waals surface area contributed by atoms with Crippen LogP contribution >= 0.6 is 0 Å². The van der Waals surface area contributed by atoms with Gasteiger partial charge in [0.2, 0.25) is 16.0 Å². The van der Waals surface area contributed by atoms with E-state index in [0.29, 0.717) is 12.5 Å². The molecule has 7 heteroatoms. The molecule has 1 heterocycles. The van der Waals surface area contributed by atoms with Gasteiger partial charge in [0, 0.05) is 13.6 Å². The van der Waals surface area contributed by atoms with Crippen LogP contribution in [-0.2, 0) is 10.0 Å². The van der Waals surface area contributed by atoms with Gasteiger partial charge in [0.15, 0.2) is 0 Å². The molecule has 0 spiro atoms. The van der Waals surface area contributed by atoms with Gasteiger partial charge in [-0.05, 0) is 18.8 Å². The van der Waals surface area contributed by atoms with Crippen LogP contribution in [0, 0.1) is 5.92 Å². The Morgan fingerprint density at radius 3 is 2.44 bits per heavy atom. The van der Waals surface area contributed by atoms with Gasteiger partial charge in [0.05, 0.1) is 12.4 Å². The average molecular weight is 270 g/mol. The van der Waals surface area contributed by atoms with E-state index in [1.807, 2.05) is 0 Å². The van der Waals surface area contributed by atoms with Crippen LogP contribution in [0.15, 0.2) is 17.3 Å². The van der Waals surface area contributed by atoms with E-state index < -0.39 is 10.0 Å². The minimum absolute atomic E-state index is 0.0763. The Morgan fingerprint density at radius 2 is 1.89 bits per heavy atom. The first-order valence-corrected chi connectivity index (χ1v) is 7.48. The molecule has 0 aromatic carbocycles. The van der Waals surface area contributed by atoms with Crippen LogP contribution in [0.2, 0.25) is 0 Å². The lowest BCUT2D eigenvalue weighted by Crippen LogP contribution is -2.31. The van der Waals surface area contributed by atoms with Gasteiger partial charge in [-0.25, -0.2) is 22.7 Å². The van der Waals surface area contributed by atoms with Gasteiger partial charge in [-0.2, -0.15) is 0 Å². The van der Waals surface area contributed by atoms with E-state index in [1.54, 1.807) is 7.05 Å². The highest BCUT2D eigenvalue weighted by Gasteiger charge is 2.25. The van der Waals surface area contributed by atoms with E-state index in [4.69, 9.17) is 5.73 Å². The predicted molar refractivity (Wildman–Crippen MR) is 68.2 cm³/mol. The number of anilines is 1. The van der Waals surface area contributed by atoms with Crippen LogP contribution in [0.3, 0.4) is 0 Å². The summed E-state index contributed by atoms with van der Waals surface area (Å²) in [5, 5.41) is 0. The first-order valence-electron chi connectivity index (χ1n) is 6.04. The van der Waals surface area contributed by atoms with E-state index in [2.05, 4.69) is 9.97 Å². The van der Waals surface area contributed by atoms with Crippen molar-refractivity contribution >= 4 is 16.0 Å². The third kappa shape index (κ3) is 2.78. The fraction of sp³-hybridized carbons (Fsp3) is 0.636. The molecule has 2 rings (SSSR count). The molecule has 6 nitrogen and oxygen atoms in total. The highest BCUT2D eigenvalue weighted by Crippen LogP contribution is 2.26. The third-order valence-corrected chi connectivity index (χ3v) is 5.12. The molecule has 18 heavy (non-hydrogen) atoms. The lowest BCUT2D eigenvalue weighted by atomic mass is 10.1. The SMILES string of the molecule is CN(CC1CCCC1)S(=O)(=O)c1cnc(N)nc1. The molecular formula is C11H18N4O2S. The van der Waals surface area contributed by atoms with Gasteiger partial charge in [-0.1, -0.05) is 12.8 Å². The van der Waals surface area contributed by atoms with Crippen LogP contribution in [-0.4, -0.2) is 36.3 Å². The molecule has 1 aromatic heterocycles. The monoisotopic (exact) mass is 270 g/mol. The van der Waals surface area contributed by atoms with Crippen LogP contribution in [0.25, 0.3) is 0 Å². The Morgan fingerprint density at radius 1 is 1.33 bits per heavy atom. The summed E-state index contributed by atoms with van der Waals surface area (Å²) in [7, 11) is -1.89. The Bertz CT molecular complexity index is 494. The molecule has 0 bridgehead atoms. The van der Waals surface area contributed by atoms with E-state index >= 15 is 0 Å². The van der Waals surface area contributed by atoms with E-state index in [0.717, 1.165) is 12.8 Å². The van der Waals surface area contributed by atoms with E-state index in [9.17, 15) is 8.42 Å². The van der Waals surface area contributed by atoms with Crippen molar-refractivity contribution in [1.82, 2.24) is 14.3 Å². The van der Waals surface area contributed by atoms with Gasteiger partial charge in [-0.15, -0.1) is 0 Å². The fourth-order valence-corrected chi connectivity index (χ4v) is 3.43. The van der Waals surface area contributed by atoms with Gasteiger partial charge >= 0.3 is 0 Å². The smallest absolute Gasteiger partial charge is 0.245 e. The number of nitrogen functional groups attached to an aromatic ring is 1. The molecule has 1 saturated carbocycles. The highest BCUT2D eigenvalue weighted by atomic mass is 32.2. The van der Waals surface area contributed by atoms with Crippen molar-refractivity contribution in [1.29, 1.82) is 0 Å². The number of aromatic nitrogens is 2. The molecule has 1 aromatic rings. The second-order valence-electron chi connectivity index (χ2n) is 4.71. The second-order valence-corrected chi connectivity index (χ2v) is 6.76. The summed E-state index contributed by atoms with van der Waals surface area (Å²) in [4.78, 5) is 7.54. The third-order valence-electron chi connectivity index (χ3n) is 3.35. The van der Waals surface area contributed by atoms with Gasteiger partial charge in [0.1, 0.15) is 4.90 Å². The van der Waals surface area contributed by atoms with E-state index in [1.165, 1.54) is 29.5 Å². The van der Waals surface area contributed by atoms with Crippen molar-refractivity contribution in [3.05, 3.63) is 12.4 Å². The van der Waals surface area contributed by atoms with Gasteiger partial charge in [0.25, 0.3) is 0 Å². The number of nitrogens with two attached hydrogens (primary N) is 1. The zero-order valence-corrected chi connectivity index (χ0v) is 11.2. The summed E-state index contributed by atoms with van der Waals surface area (Å²) in [6.45, 7) is 0.562. The zero-order valence-electron chi connectivity index (χ0n) is 10.4. The summed E-state index contributed by atoms with van der Waals surface area (Å²) in [5.41, 5.74) is 5.35. The van der Waals surface area contributed by atoms with Crippen LogP contribution in [0.4, 0.5) is 5.95 Å². The second kappa shape index (κ2) is 5.19. The number of hydrogen-bond donors (Lipinski definition) is 1. The molecule has 0 atom stereocenters. The van der Waals surface area contributed by atoms with Crippen molar-refractivity contribution in [3.63, 3.8) is 0 Å². The minimum Gasteiger partial charge on any atom is -0.368 e. The first kappa shape index (κ1) is 13.2. The molecule has 2 N–H and O–H groups in total. The summed E-state index contributed by atoms with van der Waals surface area (Å²) in [6, 6.07) is 0. The quantitative estimate of drug-likeness (QED) is 0.876. The van der Waals surface area contributed by atoms with Crippen molar-refractivity contribution in [2.45, 2.75) is 30.6 Å². The Kier molecular flexibility index (Phi) is 3.82. The topological polar surface area (TPSA) is 89.2 Å². The number of sulfonamides is 1. The maximum Gasteiger partial charge on any atom is 0.245 e. The van der Waals surface area contributed by atoms with Crippen molar-refractivity contribution in [3.8, 4) is 0 Å². The van der Waals surface area contributed by atoms with Crippen molar-refractivity contribution in [2.24, 2.45) is 5.92 Å². The molecule has 0 saturated heterocycles. The van der Waals surface area contributed by atoms with Crippen molar-refractivity contribution < 1.29 is 8.42 Å². The standard InChI is InChI=1S/C11H18N4O2S/c1-15(8-9-4-2-3-5-9)18(16,17)10-6-13-11(12)14-7-10/h6-7,9H,2-5,8H2,1H3,(H2,12,13,14). The Labute approximate surface area is 107 Å². The van der Waals surface area contributed by atoms with Crippen LogP contribution < -0.4 is 5.73 Å². The number of nitrogens with zero attached hydrogens (tertiary/aromatic N) is 3. The Hall–Kier alpha value is -1.21. The summed E-state index contributed by atoms with van der Waals surface area (Å²) < 4.78 is 25.9. The molecule has 1 aliphatic carbocycles.